The van der Waals surface area contributed by atoms with Crippen molar-refractivity contribution in [1.29, 1.82) is 0 Å². The van der Waals surface area contributed by atoms with Crippen LogP contribution in [-0.2, 0) is 22.6 Å². The van der Waals surface area contributed by atoms with Crippen LogP contribution in [0.5, 0.6) is 0 Å². The lowest BCUT2D eigenvalue weighted by Crippen LogP contribution is -2.31. The number of nitrogens with one attached hydrogen (secondary N) is 2. The number of amides is 2. The molecule has 3 rings (SSSR count). The van der Waals surface area contributed by atoms with Gasteiger partial charge in [0.2, 0.25) is 11.8 Å². The Morgan fingerprint density at radius 1 is 1.00 bits per heavy atom. The first-order valence-electron chi connectivity index (χ1n) is 8.58. The van der Waals surface area contributed by atoms with E-state index in [1.807, 2.05) is 12.1 Å². The summed E-state index contributed by atoms with van der Waals surface area (Å²) in [6, 6.07) is 13.7. The lowest BCUT2D eigenvalue weighted by atomic mass is 10.1. The van der Waals surface area contributed by atoms with Gasteiger partial charge in [-0.25, -0.2) is 4.39 Å². The molecule has 136 valence electrons. The molecule has 2 N–H and O–H groups in total. The second-order valence-corrected chi connectivity index (χ2v) is 6.86. The standard InChI is InChI=1S/C20H20ClFN2O2/c21-15-7-5-13(6-8-15)12-24-20(26)17-11-16(17)19(25)23-10-9-14-3-1-2-4-18(14)22/h1-8,16-17H,9-12H2,(H,23,25)(H,24,26). The average molecular weight is 375 g/mol. The lowest BCUT2D eigenvalue weighted by molar-refractivity contribution is -0.127. The lowest BCUT2D eigenvalue weighted by Gasteiger charge is -2.07. The van der Waals surface area contributed by atoms with Crippen molar-refractivity contribution in [3.8, 4) is 0 Å². The van der Waals surface area contributed by atoms with E-state index in [1.54, 1.807) is 30.3 Å². The Hall–Kier alpha value is -2.40. The maximum atomic E-state index is 13.5. The zero-order valence-corrected chi connectivity index (χ0v) is 14.9. The number of benzene rings is 2. The van der Waals surface area contributed by atoms with Crippen LogP contribution in [0.25, 0.3) is 0 Å². The van der Waals surface area contributed by atoms with E-state index in [9.17, 15) is 14.0 Å². The maximum Gasteiger partial charge on any atom is 0.224 e. The first-order valence-corrected chi connectivity index (χ1v) is 8.95. The summed E-state index contributed by atoms with van der Waals surface area (Å²) in [4.78, 5) is 24.2. The summed E-state index contributed by atoms with van der Waals surface area (Å²) >= 11 is 5.83. The van der Waals surface area contributed by atoms with Gasteiger partial charge < -0.3 is 10.6 Å². The molecule has 0 bridgehead atoms. The van der Waals surface area contributed by atoms with Crippen molar-refractivity contribution in [2.75, 3.05) is 6.54 Å². The molecule has 2 amide bonds. The van der Waals surface area contributed by atoms with Crippen LogP contribution in [0.4, 0.5) is 4.39 Å². The molecule has 0 saturated heterocycles. The van der Waals surface area contributed by atoms with Crippen molar-refractivity contribution < 1.29 is 14.0 Å². The molecule has 26 heavy (non-hydrogen) atoms. The number of halogens is 2. The fourth-order valence-corrected chi connectivity index (χ4v) is 2.98. The minimum Gasteiger partial charge on any atom is -0.356 e. The molecular formula is C20H20ClFN2O2. The second kappa shape index (κ2) is 8.32. The monoisotopic (exact) mass is 374 g/mol. The van der Waals surface area contributed by atoms with Crippen LogP contribution in [0.2, 0.25) is 5.02 Å². The van der Waals surface area contributed by atoms with Gasteiger partial charge in [0.1, 0.15) is 5.82 Å². The van der Waals surface area contributed by atoms with E-state index in [0.717, 1.165) is 5.56 Å². The van der Waals surface area contributed by atoms with E-state index in [0.29, 0.717) is 36.5 Å². The van der Waals surface area contributed by atoms with Crippen LogP contribution >= 0.6 is 11.6 Å². The minimum absolute atomic E-state index is 0.116. The van der Waals surface area contributed by atoms with E-state index in [4.69, 9.17) is 11.6 Å². The average Bonchev–Trinajstić information content (AvgIpc) is 3.43. The molecule has 1 aliphatic rings. The Balaban J connectivity index is 1.38. The molecule has 1 aliphatic carbocycles. The van der Waals surface area contributed by atoms with Crippen LogP contribution in [0.1, 0.15) is 17.5 Å². The van der Waals surface area contributed by atoms with Crippen LogP contribution in [0, 0.1) is 17.7 Å². The second-order valence-electron chi connectivity index (χ2n) is 6.43. The van der Waals surface area contributed by atoms with Gasteiger partial charge in [0.05, 0.1) is 11.8 Å². The van der Waals surface area contributed by atoms with E-state index < -0.39 is 0 Å². The molecular weight excluding hydrogens is 355 g/mol. The summed E-state index contributed by atoms with van der Waals surface area (Å²) in [7, 11) is 0. The zero-order valence-electron chi connectivity index (χ0n) is 14.2. The first-order chi connectivity index (χ1) is 12.5. The Morgan fingerprint density at radius 2 is 1.65 bits per heavy atom. The van der Waals surface area contributed by atoms with Crippen molar-refractivity contribution in [3.63, 3.8) is 0 Å². The van der Waals surface area contributed by atoms with E-state index in [1.165, 1.54) is 6.07 Å². The van der Waals surface area contributed by atoms with Crippen LogP contribution < -0.4 is 10.6 Å². The fraction of sp³-hybridized carbons (Fsp3) is 0.300. The van der Waals surface area contributed by atoms with Gasteiger partial charge in [-0.05, 0) is 42.2 Å². The predicted molar refractivity (Wildman–Crippen MR) is 98.0 cm³/mol. The Morgan fingerprint density at radius 3 is 2.35 bits per heavy atom. The molecule has 2 aromatic carbocycles. The molecule has 0 aromatic heterocycles. The van der Waals surface area contributed by atoms with Crippen molar-refractivity contribution in [2.45, 2.75) is 19.4 Å². The topological polar surface area (TPSA) is 58.2 Å². The molecule has 2 aromatic rings. The smallest absolute Gasteiger partial charge is 0.224 e. The van der Waals surface area contributed by atoms with Gasteiger partial charge in [-0.1, -0.05) is 41.9 Å². The molecule has 0 heterocycles. The Labute approximate surface area is 156 Å². The first kappa shape index (κ1) is 18.4. The number of carbonyl (C=O) groups excluding carboxylic acids is 2. The third-order valence-electron chi connectivity index (χ3n) is 4.50. The van der Waals surface area contributed by atoms with Gasteiger partial charge in [-0.2, -0.15) is 0 Å². The van der Waals surface area contributed by atoms with Gasteiger partial charge in [0, 0.05) is 18.1 Å². The molecule has 6 heteroatoms. The van der Waals surface area contributed by atoms with Crippen molar-refractivity contribution in [1.82, 2.24) is 10.6 Å². The summed E-state index contributed by atoms with van der Waals surface area (Å²) < 4.78 is 13.5. The molecule has 0 spiro atoms. The van der Waals surface area contributed by atoms with Crippen LogP contribution in [0.15, 0.2) is 48.5 Å². The molecule has 1 saturated carbocycles. The largest absolute Gasteiger partial charge is 0.356 e. The zero-order chi connectivity index (χ0) is 18.5. The van der Waals surface area contributed by atoms with Crippen molar-refractivity contribution >= 4 is 23.4 Å². The third kappa shape index (κ3) is 4.82. The van der Waals surface area contributed by atoms with Crippen molar-refractivity contribution in [2.24, 2.45) is 11.8 Å². The summed E-state index contributed by atoms with van der Waals surface area (Å²) in [5.41, 5.74) is 1.52. The predicted octanol–water partition coefficient (Wildman–Crippen LogP) is 3.09. The molecule has 0 radical (unpaired) electrons. The van der Waals surface area contributed by atoms with E-state index in [2.05, 4.69) is 10.6 Å². The number of hydrogen-bond donors (Lipinski definition) is 2. The van der Waals surface area contributed by atoms with Gasteiger partial charge >= 0.3 is 0 Å². The fourth-order valence-electron chi connectivity index (χ4n) is 2.85. The highest BCUT2D eigenvalue weighted by molar-refractivity contribution is 6.30. The molecule has 0 aliphatic heterocycles. The molecule has 2 atom stereocenters. The highest BCUT2D eigenvalue weighted by Gasteiger charge is 2.47. The van der Waals surface area contributed by atoms with Crippen molar-refractivity contribution in [3.05, 3.63) is 70.5 Å². The quantitative estimate of drug-likeness (QED) is 0.782. The normalized spacial score (nSPS) is 18.2. The molecule has 4 nitrogen and oxygen atoms in total. The highest BCUT2D eigenvalue weighted by Crippen LogP contribution is 2.38. The van der Waals surface area contributed by atoms with Gasteiger partial charge in [-0.15, -0.1) is 0 Å². The summed E-state index contributed by atoms with van der Waals surface area (Å²) in [5.74, 6) is -1.11. The molecule has 2 unspecified atom stereocenters. The van der Waals surface area contributed by atoms with Gasteiger partial charge in [-0.3, -0.25) is 9.59 Å². The molecule has 1 fully saturated rings. The van der Waals surface area contributed by atoms with Crippen LogP contribution in [0.3, 0.4) is 0 Å². The third-order valence-corrected chi connectivity index (χ3v) is 4.75. The van der Waals surface area contributed by atoms with E-state index >= 15 is 0 Å². The maximum absolute atomic E-state index is 13.5. The number of hydrogen-bond acceptors (Lipinski definition) is 2. The van der Waals surface area contributed by atoms with Crippen LogP contribution in [-0.4, -0.2) is 18.4 Å². The van der Waals surface area contributed by atoms with Gasteiger partial charge in [0.25, 0.3) is 0 Å². The van der Waals surface area contributed by atoms with E-state index in [-0.39, 0.29) is 29.5 Å². The Kier molecular flexibility index (Phi) is 5.89. The summed E-state index contributed by atoms with van der Waals surface area (Å²) in [6.45, 7) is 0.767. The Bertz CT molecular complexity index is 795. The minimum atomic E-state index is -0.291. The summed E-state index contributed by atoms with van der Waals surface area (Å²) in [6.07, 6.45) is 0.983. The highest BCUT2D eigenvalue weighted by atomic mass is 35.5. The SMILES string of the molecule is O=C(NCCc1ccccc1F)C1CC1C(=O)NCc1ccc(Cl)cc1. The number of carbonyl (C=O) groups is 2. The van der Waals surface area contributed by atoms with Gasteiger partial charge in [0.15, 0.2) is 0 Å². The summed E-state index contributed by atoms with van der Waals surface area (Å²) in [5, 5.41) is 6.28. The number of rotatable bonds is 7.